The van der Waals surface area contributed by atoms with Gasteiger partial charge in [0.05, 0.1) is 18.8 Å². The van der Waals surface area contributed by atoms with Crippen LogP contribution < -0.4 is 10.6 Å². The first-order valence-electron chi connectivity index (χ1n) is 15.0. The molecule has 2 amide bonds. The second-order valence-corrected chi connectivity index (χ2v) is 10.9. The number of nitrogens with one attached hydrogen (secondary N) is 2. The lowest BCUT2D eigenvalue weighted by molar-refractivity contribution is -0.253. The molecule has 0 radical (unpaired) electrons. The minimum absolute atomic E-state index is 0.00933. The van der Waals surface area contributed by atoms with Crippen LogP contribution in [-0.4, -0.2) is 35.2 Å². The Kier molecular flexibility index (Phi) is 10.9. The highest BCUT2D eigenvalue weighted by Crippen LogP contribution is 2.38. The molecule has 0 aliphatic carbocycles. The van der Waals surface area contributed by atoms with E-state index in [9.17, 15) is 9.90 Å². The standard InChI is InChI=1S/C36H41N3O4/c1-2-37-36(41)38-22-27-13-19-32(20-14-27)35-42-33(21-34(43-35)31-17-15-30(26-40)16-18-31)25-39(23-28-9-5-3-6-10-28)24-29-11-7-4-8-12-29/h3-20,33-35,40H,2,21-26H2,1H3,(H2,37,38,41)/t33-,34+,35+/m1/s1. The molecule has 4 aromatic rings. The number of urea groups is 1. The van der Waals surface area contributed by atoms with Crippen LogP contribution in [0.2, 0.25) is 0 Å². The highest BCUT2D eigenvalue weighted by molar-refractivity contribution is 5.73. The van der Waals surface area contributed by atoms with Crippen molar-refractivity contribution in [3.05, 3.63) is 143 Å². The fraction of sp³-hybridized carbons (Fsp3) is 0.306. The largest absolute Gasteiger partial charge is 0.392 e. The Labute approximate surface area is 254 Å². The van der Waals surface area contributed by atoms with E-state index in [2.05, 4.69) is 64.1 Å². The van der Waals surface area contributed by atoms with E-state index in [0.29, 0.717) is 19.5 Å². The van der Waals surface area contributed by atoms with Crippen molar-refractivity contribution in [2.45, 2.75) is 58.1 Å². The van der Waals surface area contributed by atoms with Gasteiger partial charge in [0.1, 0.15) is 0 Å². The van der Waals surface area contributed by atoms with Gasteiger partial charge in [-0.3, -0.25) is 4.90 Å². The van der Waals surface area contributed by atoms with Crippen LogP contribution in [0.15, 0.2) is 109 Å². The Morgan fingerprint density at radius 3 is 1.91 bits per heavy atom. The van der Waals surface area contributed by atoms with Gasteiger partial charge in [-0.15, -0.1) is 0 Å². The maximum absolute atomic E-state index is 11.8. The first kappa shape index (κ1) is 30.4. The number of hydrogen-bond acceptors (Lipinski definition) is 5. The smallest absolute Gasteiger partial charge is 0.315 e. The Bertz CT molecular complexity index is 1360. The lowest BCUT2D eigenvalue weighted by atomic mass is 9.99. The highest BCUT2D eigenvalue weighted by Gasteiger charge is 2.33. The van der Waals surface area contributed by atoms with Crippen molar-refractivity contribution in [1.29, 1.82) is 0 Å². The second-order valence-electron chi connectivity index (χ2n) is 10.9. The van der Waals surface area contributed by atoms with Crippen molar-refractivity contribution in [2.75, 3.05) is 13.1 Å². The summed E-state index contributed by atoms with van der Waals surface area (Å²) in [6.07, 6.45) is -0.0653. The minimum atomic E-state index is -0.540. The van der Waals surface area contributed by atoms with Crippen molar-refractivity contribution in [2.24, 2.45) is 0 Å². The summed E-state index contributed by atoms with van der Waals surface area (Å²) in [7, 11) is 0. The number of carbonyl (C=O) groups excluding carboxylic acids is 1. The van der Waals surface area contributed by atoms with Gasteiger partial charge >= 0.3 is 6.03 Å². The molecule has 0 saturated carbocycles. The van der Waals surface area contributed by atoms with E-state index >= 15 is 0 Å². The summed E-state index contributed by atoms with van der Waals surface area (Å²) in [4.78, 5) is 14.3. The molecule has 7 heteroatoms. The zero-order valence-corrected chi connectivity index (χ0v) is 24.7. The molecule has 7 nitrogen and oxygen atoms in total. The summed E-state index contributed by atoms with van der Waals surface area (Å²) < 4.78 is 13.2. The molecule has 224 valence electrons. The lowest BCUT2D eigenvalue weighted by Gasteiger charge is -2.38. The van der Waals surface area contributed by atoms with Crippen LogP contribution >= 0.6 is 0 Å². The lowest BCUT2D eigenvalue weighted by Crippen LogP contribution is -2.39. The molecular formula is C36H41N3O4. The summed E-state index contributed by atoms with van der Waals surface area (Å²) in [6, 6.07) is 36.9. The highest BCUT2D eigenvalue weighted by atomic mass is 16.7. The normalized spacial score (nSPS) is 18.3. The first-order chi connectivity index (χ1) is 21.1. The van der Waals surface area contributed by atoms with E-state index in [-0.39, 0.29) is 24.8 Å². The Hall–Kier alpha value is -4.01. The van der Waals surface area contributed by atoms with Crippen LogP contribution in [0.1, 0.15) is 59.1 Å². The molecule has 0 spiro atoms. The van der Waals surface area contributed by atoms with Gasteiger partial charge < -0.3 is 25.2 Å². The minimum Gasteiger partial charge on any atom is -0.392 e. The topological polar surface area (TPSA) is 83.1 Å². The fourth-order valence-corrected chi connectivity index (χ4v) is 5.39. The van der Waals surface area contributed by atoms with Crippen molar-refractivity contribution in [1.82, 2.24) is 15.5 Å². The van der Waals surface area contributed by atoms with Gasteiger partial charge in [-0.25, -0.2) is 4.79 Å². The zero-order valence-electron chi connectivity index (χ0n) is 24.7. The molecule has 1 heterocycles. The number of ether oxygens (including phenoxy) is 2. The number of benzene rings is 4. The molecule has 1 aliphatic rings. The molecule has 1 saturated heterocycles. The third-order valence-corrected chi connectivity index (χ3v) is 7.62. The van der Waals surface area contributed by atoms with E-state index in [4.69, 9.17) is 9.47 Å². The van der Waals surface area contributed by atoms with E-state index in [1.807, 2.05) is 67.6 Å². The summed E-state index contributed by atoms with van der Waals surface area (Å²) in [5, 5.41) is 15.2. The molecule has 5 rings (SSSR count). The van der Waals surface area contributed by atoms with Crippen molar-refractivity contribution in [3.63, 3.8) is 0 Å². The van der Waals surface area contributed by atoms with E-state index in [1.165, 1.54) is 11.1 Å². The van der Waals surface area contributed by atoms with E-state index in [0.717, 1.165) is 41.9 Å². The Morgan fingerprint density at radius 2 is 1.33 bits per heavy atom. The molecule has 0 bridgehead atoms. The van der Waals surface area contributed by atoms with Crippen LogP contribution in [0.4, 0.5) is 4.79 Å². The van der Waals surface area contributed by atoms with Crippen LogP contribution in [-0.2, 0) is 35.7 Å². The fourth-order valence-electron chi connectivity index (χ4n) is 5.39. The number of aliphatic hydroxyl groups excluding tert-OH is 1. The van der Waals surface area contributed by atoms with Gasteiger partial charge in [-0.1, -0.05) is 109 Å². The van der Waals surface area contributed by atoms with Crippen LogP contribution in [0.3, 0.4) is 0 Å². The van der Waals surface area contributed by atoms with Gasteiger partial charge in [-0.05, 0) is 34.7 Å². The van der Waals surface area contributed by atoms with Crippen LogP contribution in [0, 0.1) is 0 Å². The average molecular weight is 580 g/mol. The third-order valence-electron chi connectivity index (χ3n) is 7.62. The quantitative estimate of drug-likeness (QED) is 0.185. The number of amides is 2. The zero-order chi connectivity index (χ0) is 29.9. The number of aliphatic hydroxyl groups is 1. The van der Waals surface area contributed by atoms with Gasteiger partial charge in [0.15, 0.2) is 6.29 Å². The number of rotatable bonds is 12. The van der Waals surface area contributed by atoms with E-state index in [1.54, 1.807) is 0 Å². The van der Waals surface area contributed by atoms with E-state index < -0.39 is 6.29 Å². The molecule has 0 unspecified atom stereocenters. The molecule has 1 aliphatic heterocycles. The molecular weight excluding hydrogens is 538 g/mol. The molecule has 3 N–H and O–H groups in total. The third kappa shape index (κ3) is 8.99. The van der Waals surface area contributed by atoms with Crippen molar-refractivity contribution in [3.8, 4) is 0 Å². The number of carbonyl (C=O) groups is 1. The van der Waals surface area contributed by atoms with Gasteiger partial charge in [0.2, 0.25) is 0 Å². The van der Waals surface area contributed by atoms with Crippen molar-refractivity contribution < 1.29 is 19.4 Å². The predicted octanol–water partition coefficient (Wildman–Crippen LogP) is 6.25. The Morgan fingerprint density at radius 1 is 0.744 bits per heavy atom. The average Bonchev–Trinajstić information content (AvgIpc) is 3.05. The maximum Gasteiger partial charge on any atom is 0.315 e. The molecule has 1 fully saturated rings. The number of nitrogens with zero attached hydrogens (tertiary/aromatic N) is 1. The van der Waals surface area contributed by atoms with Gasteiger partial charge in [-0.2, -0.15) is 0 Å². The van der Waals surface area contributed by atoms with Crippen LogP contribution in [0.5, 0.6) is 0 Å². The van der Waals surface area contributed by atoms with Crippen LogP contribution in [0.25, 0.3) is 0 Å². The van der Waals surface area contributed by atoms with Gasteiger partial charge in [0.25, 0.3) is 0 Å². The molecule has 3 atom stereocenters. The predicted molar refractivity (Wildman–Crippen MR) is 168 cm³/mol. The monoisotopic (exact) mass is 579 g/mol. The summed E-state index contributed by atoms with van der Waals surface area (Å²) >= 11 is 0. The Balaban J connectivity index is 1.35. The molecule has 4 aromatic carbocycles. The second kappa shape index (κ2) is 15.5. The summed E-state index contributed by atoms with van der Waals surface area (Å²) in [5.41, 5.74) is 6.38. The number of hydrogen-bond donors (Lipinski definition) is 3. The summed E-state index contributed by atoms with van der Waals surface area (Å²) in [6.45, 7) is 5.28. The van der Waals surface area contributed by atoms with Crippen molar-refractivity contribution >= 4 is 6.03 Å². The molecule has 0 aromatic heterocycles. The first-order valence-corrected chi connectivity index (χ1v) is 15.0. The maximum atomic E-state index is 11.8. The SMILES string of the molecule is CCNC(=O)NCc1ccc([C@H]2O[C@@H](CN(Cc3ccccc3)Cc3ccccc3)C[C@@H](c3ccc(CO)cc3)O2)cc1. The molecule has 43 heavy (non-hydrogen) atoms. The summed E-state index contributed by atoms with van der Waals surface area (Å²) in [5.74, 6) is 0. The van der Waals surface area contributed by atoms with Gasteiger partial charge in [0, 0.05) is 44.7 Å².